The van der Waals surface area contributed by atoms with E-state index in [4.69, 9.17) is 5.73 Å². The first kappa shape index (κ1) is 8.20. The van der Waals surface area contributed by atoms with Crippen molar-refractivity contribution in [3.63, 3.8) is 0 Å². The molecule has 68 valence electrons. The Morgan fingerprint density at radius 1 is 1.67 bits per heavy atom. The van der Waals surface area contributed by atoms with E-state index >= 15 is 0 Å². The zero-order valence-corrected chi connectivity index (χ0v) is 7.22. The molecule has 0 aromatic rings. The van der Waals surface area contributed by atoms with Crippen LogP contribution in [0.5, 0.6) is 0 Å². The van der Waals surface area contributed by atoms with E-state index in [1.807, 2.05) is 0 Å². The van der Waals surface area contributed by atoms with E-state index in [9.17, 15) is 4.39 Å². The van der Waals surface area contributed by atoms with Gasteiger partial charge >= 0.3 is 0 Å². The zero-order valence-electron chi connectivity index (χ0n) is 7.22. The third-order valence-electron chi connectivity index (χ3n) is 3.23. The van der Waals surface area contributed by atoms with Crippen LogP contribution in [0.3, 0.4) is 0 Å². The Kier molecular flexibility index (Phi) is 1.93. The Morgan fingerprint density at radius 2 is 2.50 bits per heavy atom. The molecule has 2 heterocycles. The van der Waals surface area contributed by atoms with Crippen LogP contribution in [0.4, 0.5) is 4.39 Å². The highest BCUT2D eigenvalue weighted by Gasteiger charge is 2.45. The minimum atomic E-state index is 0.123. The summed E-state index contributed by atoms with van der Waals surface area (Å²) in [5, 5.41) is 0. The largest absolute Gasteiger partial charge is 0.329 e. The summed E-state index contributed by atoms with van der Waals surface area (Å²) in [5.41, 5.74) is 6.78. The van der Waals surface area contributed by atoms with Crippen LogP contribution in [0.25, 0.3) is 0 Å². The van der Waals surface area contributed by atoms with Crippen molar-refractivity contribution in [1.29, 1.82) is 0 Å². The van der Waals surface area contributed by atoms with Gasteiger partial charge in [-0.2, -0.15) is 0 Å². The van der Waals surface area contributed by atoms with Gasteiger partial charge in [0, 0.05) is 18.6 Å². The maximum absolute atomic E-state index is 12.3. The lowest BCUT2D eigenvalue weighted by Crippen LogP contribution is -2.44. The minimum absolute atomic E-state index is 0.123. The van der Waals surface area contributed by atoms with E-state index in [0.29, 0.717) is 6.54 Å². The van der Waals surface area contributed by atoms with Crippen LogP contribution in [-0.2, 0) is 0 Å². The number of rotatable bonds is 1. The lowest BCUT2D eigenvalue weighted by atomic mass is 9.93. The number of fused-ring (bicyclic) bond motifs is 1. The number of hydrogen-bond donors (Lipinski definition) is 1. The molecule has 2 fully saturated rings. The molecule has 2 rings (SSSR count). The highest BCUT2D eigenvalue weighted by molar-refractivity contribution is 5.19. The lowest BCUT2D eigenvalue weighted by Gasteiger charge is -2.29. The first-order valence-electron chi connectivity index (χ1n) is 4.54. The summed E-state index contributed by atoms with van der Waals surface area (Å²) in [6.45, 7) is 2.56. The minimum Gasteiger partial charge on any atom is -0.329 e. The van der Waals surface area contributed by atoms with Gasteiger partial charge < -0.3 is 5.73 Å². The monoisotopic (exact) mass is 170 g/mol. The van der Waals surface area contributed by atoms with Crippen molar-refractivity contribution in [1.82, 2.24) is 4.90 Å². The smallest absolute Gasteiger partial charge is 0.0872 e. The van der Waals surface area contributed by atoms with Crippen LogP contribution in [0.1, 0.15) is 19.3 Å². The fourth-order valence-electron chi connectivity index (χ4n) is 2.54. The molecule has 2 aliphatic heterocycles. The van der Waals surface area contributed by atoms with Crippen molar-refractivity contribution in [2.45, 2.75) is 24.8 Å². The highest BCUT2D eigenvalue weighted by Crippen LogP contribution is 2.40. The van der Waals surface area contributed by atoms with Gasteiger partial charge in [-0.25, -0.2) is 4.39 Å². The van der Waals surface area contributed by atoms with Crippen molar-refractivity contribution >= 4 is 0 Å². The van der Waals surface area contributed by atoms with E-state index < -0.39 is 0 Å². The van der Waals surface area contributed by atoms with E-state index in [0.717, 1.165) is 37.8 Å². The standard InChI is InChI=1S/C9H15FN2/c10-5-8-4-9(7-11)2-1-3-12(9)6-8/h5H,1-4,6-7,11H2/b8-5+. The number of halogens is 1. The van der Waals surface area contributed by atoms with Gasteiger partial charge in [0.05, 0.1) is 6.33 Å². The third kappa shape index (κ3) is 1.00. The number of hydrogen-bond acceptors (Lipinski definition) is 2. The molecule has 3 heteroatoms. The van der Waals surface area contributed by atoms with Crippen molar-refractivity contribution < 1.29 is 4.39 Å². The molecule has 0 radical (unpaired) electrons. The average Bonchev–Trinajstić information content (AvgIpc) is 2.58. The van der Waals surface area contributed by atoms with Gasteiger partial charge in [-0.15, -0.1) is 0 Å². The molecule has 0 saturated carbocycles. The molecular weight excluding hydrogens is 155 g/mol. The maximum atomic E-state index is 12.3. The highest BCUT2D eigenvalue weighted by atomic mass is 19.1. The van der Waals surface area contributed by atoms with Gasteiger partial charge in [-0.3, -0.25) is 4.90 Å². The molecule has 0 bridgehead atoms. The molecule has 2 saturated heterocycles. The summed E-state index contributed by atoms with van der Waals surface area (Å²) in [7, 11) is 0. The summed E-state index contributed by atoms with van der Waals surface area (Å²) in [4.78, 5) is 2.33. The van der Waals surface area contributed by atoms with Gasteiger partial charge in [-0.1, -0.05) is 0 Å². The normalized spacial score (nSPS) is 39.3. The molecule has 12 heavy (non-hydrogen) atoms. The van der Waals surface area contributed by atoms with Gasteiger partial charge in [0.1, 0.15) is 0 Å². The quantitative estimate of drug-likeness (QED) is 0.637. The van der Waals surface area contributed by atoms with Crippen LogP contribution >= 0.6 is 0 Å². The Labute approximate surface area is 72.2 Å². The Morgan fingerprint density at radius 3 is 3.08 bits per heavy atom. The second-order valence-electron chi connectivity index (χ2n) is 3.90. The summed E-state index contributed by atoms with van der Waals surface area (Å²) < 4.78 is 12.3. The molecule has 1 unspecified atom stereocenters. The second kappa shape index (κ2) is 2.82. The molecule has 0 aromatic carbocycles. The molecule has 1 atom stereocenters. The van der Waals surface area contributed by atoms with Crippen molar-refractivity contribution in [3.8, 4) is 0 Å². The third-order valence-corrected chi connectivity index (χ3v) is 3.23. The van der Waals surface area contributed by atoms with Crippen LogP contribution in [-0.4, -0.2) is 30.1 Å². The first-order chi connectivity index (χ1) is 5.80. The molecule has 2 aliphatic rings. The fraction of sp³-hybridized carbons (Fsp3) is 0.778. The summed E-state index contributed by atoms with van der Waals surface area (Å²) >= 11 is 0. The Bertz CT molecular complexity index is 215. The van der Waals surface area contributed by atoms with Crippen LogP contribution in [0.15, 0.2) is 11.9 Å². The van der Waals surface area contributed by atoms with Crippen molar-refractivity contribution in [3.05, 3.63) is 11.9 Å². The van der Waals surface area contributed by atoms with Crippen molar-refractivity contribution in [2.24, 2.45) is 5.73 Å². The maximum Gasteiger partial charge on any atom is 0.0872 e. The SMILES string of the molecule is NCC12CCCN1C/C(=C/F)C2. The second-order valence-corrected chi connectivity index (χ2v) is 3.90. The zero-order chi connectivity index (χ0) is 8.60. The summed E-state index contributed by atoms with van der Waals surface area (Å²) in [5.74, 6) is 0. The molecule has 2 N–H and O–H groups in total. The molecule has 2 nitrogen and oxygen atoms in total. The summed E-state index contributed by atoms with van der Waals surface area (Å²) in [6, 6.07) is 0. The first-order valence-corrected chi connectivity index (χ1v) is 4.54. The molecule has 0 aliphatic carbocycles. The average molecular weight is 170 g/mol. The van der Waals surface area contributed by atoms with Gasteiger partial charge in [0.25, 0.3) is 0 Å². The molecule has 0 spiro atoms. The lowest BCUT2D eigenvalue weighted by molar-refractivity contribution is 0.204. The molecule has 0 amide bonds. The van der Waals surface area contributed by atoms with E-state index in [2.05, 4.69) is 4.90 Å². The van der Waals surface area contributed by atoms with Crippen LogP contribution < -0.4 is 5.73 Å². The number of nitrogens with two attached hydrogens (primary N) is 1. The topological polar surface area (TPSA) is 29.3 Å². The van der Waals surface area contributed by atoms with Gasteiger partial charge in [0.2, 0.25) is 0 Å². The molecule has 0 aromatic heterocycles. The van der Waals surface area contributed by atoms with Crippen LogP contribution in [0, 0.1) is 0 Å². The Hall–Kier alpha value is -0.410. The van der Waals surface area contributed by atoms with E-state index in [1.165, 1.54) is 6.42 Å². The van der Waals surface area contributed by atoms with E-state index in [1.54, 1.807) is 0 Å². The summed E-state index contributed by atoms with van der Waals surface area (Å²) in [6.07, 6.45) is 3.97. The van der Waals surface area contributed by atoms with E-state index in [-0.39, 0.29) is 5.54 Å². The predicted octanol–water partition coefficient (Wildman–Crippen LogP) is 1.04. The Balaban J connectivity index is 2.20. The van der Waals surface area contributed by atoms with Crippen molar-refractivity contribution in [2.75, 3.05) is 19.6 Å². The fourth-order valence-corrected chi connectivity index (χ4v) is 2.54. The molecular formula is C9H15FN2. The van der Waals surface area contributed by atoms with Gasteiger partial charge in [0.15, 0.2) is 0 Å². The van der Waals surface area contributed by atoms with Gasteiger partial charge in [-0.05, 0) is 31.4 Å². The predicted molar refractivity (Wildman–Crippen MR) is 46.4 cm³/mol. The number of nitrogens with zero attached hydrogens (tertiary/aromatic N) is 1. The van der Waals surface area contributed by atoms with Crippen LogP contribution in [0.2, 0.25) is 0 Å².